The van der Waals surface area contributed by atoms with E-state index in [1.165, 1.54) is 0 Å². The number of hydrogen-bond donors (Lipinski definition) is 2. The Morgan fingerprint density at radius 3 is 1.86 bits per heavy atom. The Bertz CT molecular complexity index is 48.2. The van der Waals surface area contributed by atoms with Gasteiger partial charge in [-0.1, -0.05) is 0 Å². The van der Waals surface area contributed by atoms with E-state index in [4.69, 9.17) is 5.11 Å². The third-order valence-corrected chi connectivity index (χ3v) is 0.175. The average Bonchev–Trinajstić information content (AvgIpc) is 1.38. The molecule has 0 fully saturated rings. The van der Waals surface area contributed by atoms with Crippen molar-refractivity contribution in [3.05, 3.63) is 0 Å². The van der Waals surface area contributed by atoms with E-state index in [9.17, 15) is 4.79 Å². The zero-order valence-corrected chi connectivity index (χ0v) is 6.14. The van der Waals surface area contributed by atoms with Crippen LogP contribution in [-0.2, 0) is 4.79 Å². The Morgan fingerprint density at radius 2 is 1.86 bits per heavy atom. The number of carboxylic acids is 1. The molecule has 4 nitrogen and oxygen atoms in total. The maximum absolute atomic E-state index is 9.24. The van der Waals surface area contributed by atoms with E-state index in [1.807, 2.05) is 0 Å². The molecule has 0 aliphatic rings. The molecule has 5 N–H and O–H groups in total. The average molecular weight is 116 g/mol. The van der Waals surface area contributed by atoms with Crippen LogP contribution in [0.1, 0.15) is 0 Å². The summed E-state index contributed by atoms with van der Waals surface area (Å²) in [5, 5.41) is 7.60. The van der Waals surface area contributed by atoms with Gasteiger partial charge in [0.05, 0.1) is 6.54 Å². The van der Waals surface area contributed by atoms with E-state index in [0.717, 1.165) is 0 Å². The van der Waals surface area contributed by atoms with E-state index in [2.05, 4.69) is 5.73 Å². The molecule has 0 unspecified atom stereocenters. The topological polar surface area (TPSA) is 94.8 Å². The molecule has 0 bridgehead atoms. The third kappa shape index (κ3) is 21.6. The summed E-state index contributed by atoms with van der Waals surface area (Å²) >= 11 is 0. The minimum atomic E-state index is -0.968. The number of aliphatic carboxylic acids is 1. The number of carboxylic acid groups (broad SMARTS) is 1. The molecular weight excluding hydrogens is 109 g/mol. The zero-order valence-electron chi connectivity index (χ0n) is 4.14. The molecule has 0 atom stereocenters. The maximum Gasteiger partial charge on any atom is 0.317 e. The van der Waals surface area contributed by atoms with E-state index < -0.39 is 5.97 Å². The fourth-order valence-corrected chi connectivity index (χ4v) is 0. The maximum atomic E-state index is 9.24. The van der Waals surface area contributed by atoms with Gasteiger partial charge in [-0.3, -0.25) is 4.79 Å². The van der Waals surface area contributed by atoms with Crippen molar-refractivity contribution in [2.45, 2.75) is 0 Å². The molecule has 1 radical (unpaired) electrons. The SMILES string of the molecule is NCC(=O)O.O.[Na]. The molecule has 0 spiro atoms. The first-order chi connectivity index (χ1) is 2.27. The molecule has 0 aromatic rings. The van der Waals surface area contributed by atoms with Crippen molar-refractivity contribution in [3.63, 3.8) is 0 Å². The molecule has 0 aromatic heterocycles. The summed E-state index contributed by atoms with van der Waals surface area (Å²) in [5.74, 6) is -0.968. The van der Waals surface area contributed by atoms with Crippen LogP contribution in [0.15, 0.2) is 0 Å². The molecular formula is C2H7NNaO3. The van der Waals surface area contributed by atoms with Crippen molar-refractivity contribution < 1.29 is 15.4 Å². The minimum Gasteiger partial charge on any atom is -0.480 e. The molecule has 0 aliphatic heterocycles. The molecule has 0 aromatic carbocycles. The number of carbonyl (C=O) groups is 1. The summed E-state index contributed by atoms with van der Waals surface area (Å²) in [7, 11) is 0. The van der Waals surface area contributed by atoms with Crippen LogP contribution < -0.4 is 5.73 Å². The summed E-state index contributed by atoms with van der Waals surface area (Å²) in [6.07, 6.45) is 0. The fourth-order valence-electron chi connectivity index (χ4n) is 0. The molecule has 7 heavy (non-hydrogen) atoms. The smallest absolute Gasteiger partial charge is 0.317 e. The van der Waals surface area contributed by atoms with Gasteiger partial charge in [0, 0.05) is 29.6 Å². The van der Waals surface area contributed by atoms with Crippen LogP contribution in [-0.4, -0.2) is 52.7 Å². The predicted molar refractivity (Wildman–Crippen MR) is 26.1 cm³/mol. The van der Waals surface area contributed by atoms with Gasteiger partial charge in [-0.25, -0.2) is 0 Å². The Hall–Kier alpha value is 0.390. The van der Waals surface area contributed by atoms with Gasteiger partial charge in [0.2, 0.25) is 0 Å². The molecule has 5 heteroatoms. The standard InChI is InChI=1S/C2H5NO2.Na.H2O/c3-1-2(4)5;;/h1,3H2,(H,4,5);;1H2. The number of nitrogens with two attached hydrogens (primary N) is 1. The van der Waals surface area contributed by atoms with Crippen LogP contribution in [0.2, 0.25) is 0 Å². The second-order valence-electron chi connectivity index (χ2n) is 0.598. The summed E-state index contributed by atoms with van der Waals surface area (Å²) in [6.45, 7) is -0.278. The van der Waals surface area contributed by atoms with Gasteiger partial charge >= 0.3 is 5.97 Å². The van der Waals surface area contributed by atoms with E-state index >= 15 is 0 Å². The number of hydrogen-bond acceptors (Lipinski definition) is 2. The minimum absolute atomic E-state index is 0. The van der Waals surface area contributed by atoms with Crippen LogP contribution in [0, 0.1) is 0 Å². The van der Waals surface area contributed by atoms with Crippen molar-refractivity contribution in [2.75, 3.05) is 6.54 Å². The summed E-state index contributed by atoms with van der Waals surface area (Å²) in [4.78, 5) is 9.24. The van der Waals surface area contributed by atoms with Crippen LogP contribution in [0.25, 0.3) is 0 Å². The van der Waals surface area contributed by atoms with E-state index in [-0.39, 0.29) is 41.6 Å². The van der Waals surface area contributed by atoms with Gasteiger partial charge in [0.1, 0.15) is 0 Å². The molecule has 39 valence electrons. The first kappa shape index (κ1) is 15.7. The van der Waals surface area contributed by atoms with Crippen LogP contribution in [0.4, 0.5) is 0 Å². The van der Waals surface area contributed by atoms with E-state index in [0.29, 0.717) is 0 Å². The Labute approximate surface area is 63.3 Å². The summed E-state index contributed by atoms with van der Waals surface area (Å²) < 4.78 is 0. The van der Waals surface area contributed by atoms with Crippen LogP contribution in [0.3, 0.4) is 0 Å². The monoisotopic (exact) mass is 116 g/mol. The molecule has 0 aliphatic carbocycles. The molecule has 0 amide bonds. The van der Waals surface area contributed by atoms with Gasteiger partial charge in [0.25, 0.3) is 0 Å². The number of rotatable bonds is 1. The van der Waals surface area contributed by atoms with Gasteiger partial charge in [0.15, 0.2) is 0 Å². The Balaban J connectivity index is -0.0000000800. The fraction of sp³-hybridized carbons (Fsp3) is 0.500. The summed E-state index contributed by atoms with van der Waals surface area (Å²) in [5.41, 5.74) is 4.57. The largest absolute Gasteiger partial charge is 0.480 e. The van der Waals surface area contributed by atoms with E-state index in [1.54, 1.807) is 0 Å². The molecule has 0 heterocycles. The Morgan fingerprint density at radius 1 is 1.71 bits per heavy atom. The first-order valence-corrected chi connectivity index (χ1v) is 1.19. The first-order valence-electron chi connectivity index (χ1n) is 1.19. The third-order valence-electron chi connectivity index (χ3n) is 0.175. The van der Waals surface area contributed by atoms with Crippen molar-refractivity contribution in [3.8, 4) is 0 Å². The normalized spacial score (nSPS) is 5.29. The van der Waals surface area contributed by atoms with Crippen LogP contribution in [0.5, 0.6) is 0 Å². The van der Waals surface area contributed by atoms with Crippen molar-refractivity contribution >= 4 is 35.5 Å². The van der Waals surface area contributed by atoms with Gasteiger partial charge < -0.3 is 16.3 Å². The quantitative estimate of drug-likeness (QED) is 0.381. The van der Waals surface area contributed by atoms with Gasteiger partial charge in [-0.2, -0.15) is 0 Å². The Kier molecular flexibility index (Phi) is 21.5. The molecule has 0 saturated carbocycles. The second-order valence-corrected chi connectivity index (χ2v) is 0.598. The zero-order chi connectivity index (χ0) is 4.28. The van der Waals surface area contributed by atoms with Crippen molar-refractivity contribution in [1.82, 2.24) is 0 Å². The molecule has 0 saturated heterocycles. The molecule has 0 rings (SSSR count). The van der Waals surface area contributed by atoms with Crippen molar-refractivity contribution in [2.24, 2.45) is 5.73 Å². The van der Waals surface area contributed by atoms with Gasteiger partial charge in [-0.05, 0) is 0 Å². The predicted octanol–water partition coefficient (Wildman–Crippen LogP) is -2.18. The van der Waals surface area contributed by atoms with Gasteiger partial charge in [-0.15, -0.1) is 0 Å². The van der Waals surface area contributed by atoms with Crippen LogP contribution >= 0.6 is 0 Å². The van der Waals surface area contributed by atoms with Crippen molar-refractivity contribution in [1.29, 1.82) is 0 Å². The summed E-state index contributed by atoms with van der Waals surface area (Å²) in [6, 6.07) is 0. The second kappa shape index (κ2) is 9.63.